The molecule has 1 aromatic carbocycles. The van der Waals surface area contributed by atoms with Crippen molar-refractivity contribution < 1.29 is 18.0 Å². The van der Waals surface area contributed by atoms with Crippen LogP contribution < -0.4 is 0 Å². The lowest BCUT2D eigenvalue weighted by atomic mass is 9.98. The van der Waals surface area contributed by atoms with Gasteiger partial charge < -0.3 is 4.90 Å². The molecule has 1 heterocycles. The molecule has 1 aliphatic rings. The molecule has 2 nitrogen and oxygen atoms in total. The zero-order chi connectivity index (χ0) is 14.8. The summed E-state index contributed by atoms with van der Waals surface area (Å²) in [6.07, 6.45) is 1.96. The fraction of sp³-hybridized carbons (Fsp3) is 0.500. The summed E-state index contributed by atoms with van der Waals surface area (Å²) in [6.45, 7) is 3.60. The minimum Gasteiger partial charge on any atom is -0.339 e. The molecule has 0 radical (unpaired) electrons. The quantitative estimate of drug-likeness (QED) is 0.764. The average Bonchev–Trinajstić information content (AvgIpc) is 2.38. The van der Waals surface area contributed by atoms with Gasteiger partial charge in [0.05, 0.1) is 0 Å². The lowest BCUT2D eigenvalue weighted by Crippen LogP contribution is -2.37. The van der Waals surface area contributed by atoms with Gasteiger partial charge in [0.15, 0.2) is 0 Å². The van der Waals surface area contributed by atoms with E-state index in [9.17, 15) is 18.0 Å². The fourth-order valence-electron chi connectivity index (χ4n) is 2.19. The van der Waals surface area contributed by atoms with Crippen LogP contribution in [-0.2, 0) is 0 Å². The predicted octanol–water partition coefficient (Wildman–Crippen LogP) is 4.17. The number of hydrogen-bond acceptors (Lipinski definition) is 2. The van der Waals surface area contributed by atoms with Gasteiger partial charge in [-0.15, -0.1) is 0 Å². The second kappa shape index (κ2) is 6.08. The van der Waals surface area contributed by atoms with Crippen LogP contribution in [0.2, 0.25) is 0 Å². The van der Waals surface area contributed by atoms with Gasteiger partial charge in [-0.25, -0.2) is 0 Å². The van der Waals surface area contributed by atoms with Crippen molar-refractivity contribution in [1.29, 1.82) is 0 Å². The molecule has 0 N–H and O–H groups in total. The standard InChI is InChI=1S/C14H16F3NOS/c1-10-6-8-18(9-7-10)13(19)11-2-4-12(5-3-11)20-14(15,16)17/h2-5,10H,6-9H2,1H3. The van der Waals surface area contributed by atoms with Crippen LogP contribution in [0.25, 0.3) is 0 Å². The maximum atomic E-state index is 12.2. The smallest absolute Gasteiger partial charge is 0.339 e. The minimum absolute atomic E-state index is 0.0968. The van der Waals surface area contributed by atoms with Crippen LogP contribution in [0.5, 0.6) is 0 Å². The fourth-order valence-corrected chi connectivity index (χ4v) is 2.73. The number of hydrogen-bond donors (Lipinski definition) is 0. The molecule has 1 fully saturated rings. The van der Waals surface area contributed by atoms with Crippen LogP contribution in [0.4, 0.5) is 13.2 Å². The highest BCUT2D eigenvalue weighted by atomic mass is 32.2. The molecule has 0 saturated carbocycles. The van der Waals surface area contributed by atoms with Gasteiger partial charge in [0.2, 0.25) is 0 Å². The Morgan fingerprint density at radius 3 is 2.25 bits per heavy atom. The van der Waals surface area contributed by atoms with E-state index in [1.807, 2.05) is 0 Å². The maximum Gasteiger partial charge on any atom is 0.446 e. The second-order valence-corrected chi connectivity index (χ2v) is 6.19. The van der Waals surface area contributed by atoms with Crippen molar-refractivity contribution in [2.24, 2.45) is 5.92 Å². The number of carbonyl (C=O) groups is 1. The Kier molecular flexibility index (Phi) is 4.62. The molecule has 0 aliphatic carbocycles. The zero-order valence-electron chi connectivity index (χ0n) is 11.1. The van der Waals surface area contributed by atoms with E-state index in [0.717, 1.165) is 25.9 Å². The number of halogens is 3. The molecule has 0 spiro atoms. The highest BCUT2D eigenvalue weighted by Gasteiger charge is 2.29. The number of alkyl halides is 3. The molecule has 0 atom stereocenters. The third-order valence-corrected chi connectivity index (χ3v) is 4.15. The largest absolute Gasteiger partial charge is 0.446 e. The molecule has 2 rings (SSSR count). The Balaban J connectivity index is 2.00. The van der Waals surface area contributed by atoms with Crippen LogP contribution >= 0.6 is 11.8 Å². The summed E-state index contributed by atoms with van der Waals surface area (Å²) >= 11 is -0.168. The number of piperidine rings is 1. The number of benzene rings is 1. The monoisotopic (exact) mass is 303 g/mol. The molecule has 1 saturated heterocycles. The van der Waals surface area contributed by atoms with Crippen molar-refractivity contribution in [3.05, 3.63) is 29.8 Å². The Bertz CT molecular complexity index is 464. The molecule has 6 heteroatoms. The van der Waals surface area contributed by atoms with Crippen molar-refractivity contribution in [2.75, 3.05) is 13.1 Å². The normalized spacial score (nSPS) is 17.3. The van der Waals surface area contributed by atoms with Crippen molar-refractivity contribution in [3.8, 4) is 0 Å². The topological polar surface area (TPSA) is 20.3 Å². The van der Waals surface area contributed by atoms with Crippen molar-refractivity contribution in [3.63, 3.8) is 0 Å². The first-order valence-corrected chi connectivity index (χ1v) is 7.32. The Morgan fingerprint density at radius 2 is 1.75 bits per heavy atom. The van der Waals surface area contributed by atoms with Gasteiger partial charge in [0, 0.05) is 23.5 Å². The van der Waals surface area contributed by atoms with Crippen LogP contribution in [0.3, 0.4) is 0 Å². The SMILES string of the molecule is CC1CCN(C(=O)c2ccc(SC(F)(F)F)cc2)CC1. The number of rotatable bonds is 2. The first-order chi connectivity index (χ1) is 9.35. The van der Waals surface area contributed by atoms with Gasteiger partial charge in [-0.05, 0) is 54.8 Å². The van der Waals surface area contributed by atoms with Crippen LogP contribution in [0.1, 0.15) is 30.1 Å². The maximum absolute atomic E-state index is 12.2. The summed E-state index contributed by atoms with van der Waals surface area (Å²) < 4.78 is 36.6. The summed E-state index contributed by atoms with van der Waals surface area (Å²) in [5.74, 6) is 0.532. The lowest BCUT2D eigenvalue weighted by molar-refractivity contribution is -0.0328. The highest BCUT2D eigenvalue weighted by molar-refractivity contribution is 8.00. The van der Waals surface area contributed by atoms with Gasteiger partial charge in [-0.3, -0.25) is 4.79 Å². The van der Waals surface area contributed by atoms with E-state index in [1.165, 1.54) is 24.3 Å². The molecule has 0 bridgehead atoms. The molecule has 0 aromatic heterocycles. The van der Waals surface area contributed by atoms with E-state index in [-0.39, 0.29) is 22.6 Å². The number of amides is 1. The van der Waals surface area contributed by atoms with Crippen LogP contribution in [-0.4, -0.2) is 29.4 Å². The summed E-state index contributed by atoms with van der Waals surface area (Å²) in [6, 6.07) is 5.62. The number of carbonyl (C=O) groups excluding carboxylic acids is 1. The predicted molar refractivity (Wildman–Crippen MR) is 72.7 cm³/mol. The first kappa shape index (κ1) is 15.2. The summed E-state index contributed by atoms with van der Waals surface area (Å²) in [5, 5.41) is 0. The van der Waals surface area contributed by atoms with E-state index in [1.54, 1.807) is 4.90 Å². The van der Waals surface area contributed by atoms with Gasteiger partial charge in [-0.1, -0.05) is 6.92 Å². The Hall–Kier alpha value is -1.17. The lowest BCUT2D eigenvalue weighted by Gasteiger charge is -2.30. The molecule has 20 heavy (non-hydrogen) atoms. The number of nitrogens with zero attached hydrogens (tertiary/aromatic N) is 1. The van der Waals surface area contributed by atoms with Crippen molar-refractivity contribution in [1.82, 2.24) is 4.90 Å². The molecule has 1 aromatic rings. The Labute approximate surface area is 120 Å². The molecule has 1 aliphatic heterocycles. The number of likely N-dealkylation sites (tertiary alicyclic amines) is 1. The Morgan fingerprint density at radius 1 is 1.20 bits per heavy atom. The zero-order valence-corrected chi connectivity index (χ0v) is 11.9. The van der Waals surface area contributed by atoms with Crippen molar-refractivity contribution >= 4 is 17.7 Å². The van der Waals surface area contributed by atoms with E-state index >= 15 is 0 Å². The van der Waals surface area contributed by atoms with Gasteiger partial charge in [0.1, 0.15) is 0 Å². The summed E-state index contributed by atoms with van der Waals surface area (Å²) in [4.78, 5) is 14.1. The second-order valence-electron chi connectivity index (χ2n) is 5.05. The number of thioether (sulfide) groups is 1. The van der Waals surface area contributed by atoms with Gasteiger partial charge in [-0.2, -0.15) is 13.2 Å². The molecule has 0 unspecified atom stereocenters. The molecular weight excluding hydrogens is 287 g/mol. The van der Waals surface area contributed by atoms with Crippen LogP contribution in [0, 0.1) is 5.92 Å². The van der Waals surface area contributed by atoms with E-state index < -0.39 is 5.51 Å². The van der Waals surface area contributed by atoms with E-state index in [4.69, 9.17) is 0 Å². The molecule has 1 amide bonds. The molecular formula is C14H16F3NOS. The van der Waals surface area contributed by atoms with Crippen molar-refractivity contribution in [2.45, 2.75) is 30.2 Å². The summed E-state index contributed by atoms with van der Waals surface area (Å²) in [7, 11) is 0. The first-order valence-electron chi connectivity index (χ1n) is 6.50. The van der Waals surface area contributed by atoms with Crippen LogP contribution in [0.15, 0.2) is 29.2 Å². The van der Waals surface area contributed by atoms with E-state index in [0.29, 0.717) is 11.5 Å². The highest BCUT2D eigenvalue weighted by Crippen LogP contribution is 2.36. The van der Waals surface area contributed by atoms with E-state index in [2.05, 4.69) is 6.92 Å². The molecule has 110 valence electrons. The minimum atomic E-state index is -4.30. The summed E-state index contributed by atoms with van der Waals surface area (Å²) in [5.41, 5.74) is -3.85. The third kappa shape index (κ3) is 4.16. The third-order valence-electron chi connectivity index (χ3n) is 3.41. The van der Waals surface area contributed by atoms with Gasteiger partial charge >= 0.3 is 5.51 Å². The van der Waals surface area contributed by atoms with Gasteiger partial charge in [0.25, 0.3) is 5.91 Å². The average molecular weight is 303 g/mol.